The summed E-state index contributed by atoms with van der Waals surface area (Å²) < 4.78 is 42.3. The lowest BCUT2D eigenvalue weighted by Crippen LogP contribution is -2.53. The molecule has 2 amide bonds. The number of sulfonamides is 1. The molecule has 3 aromatic carbocycles. The van der Waals surface area contributed by atoms with Crippen LogP contribution in [0.5, 0.6) is 0 Å². The lowest BCUT2D eigenvalue weighted by Gasteiger charge is -2.33. The van der Waals surface area contributed by atoms with E-state index in [4.69, 9.17) is 11.6 Å². The topological polar surface area (TPSA) is 86.8 Å². The molecule has 0 bridgehead atoms. The van der Waals surface area contributed by atoms with E-state index < -0.39 is 34.3 Å². The Hall–Kier alpha value is -3.43. The maximum Gasteiger partial charge on any atom is 0.264 e. The van der Waals surface area contributed by atoms with Crippen LogP contribution in [0.4, 0.5) is 10.1 Å². The largest absolute Gasteiger partial charge is 0.352 e. The third-order valence-corrected chi connectivity index (χ3v) is 8.90. The van der Waals surface area contributed by atoms with Gasteiger partial charge in [0.2, 0.25) is 11.8 Å². The SMILES string of the molecule is CC[C@H](C)NC(=O)[C@H](CC)N(Cc1ccc(F)cc1)C(=O)CN(c1ccc(C)c(Cl)c1)S(=O)(=O)c1ccccc1. The van der Waals surface area contributed by atoms with Crippen molar-refractivity contribution >= 4 is 39.1 Å². The first-order valence-electron chi connectivity index (χ1n) is 13.2. The first kappa shape index (κ1) is 31.1. The van der Waals surface area contributed by atoms with Crippen molar-refractivity contribution in [3.05, 3.63) is 94.8 Å². The van der Waals surface area contributed by atoms with E-state index in [9.17, 15) is 22.4 Å². The highest BCUT2D eigenvalue weighted by atomic mass is 35.5. The van der Waals surface area contributed by atoms with Crippen LogP contribution in [0.3, 0.4) is 0 Å². The summed E-state index contributed by atoms with van der Waals surface area (Å²) in [5, 5.41) is 3.27. The Bertz CT molecular complexity index is 1420. The average Bonchev–Trinajstić information content (AvgIpc) is 2.94. The summed E-state index contributed by atoms with van der Waals surface area (Å²) in [7, 11) is -4.19. The maximum absolute atomic E-state index is 14.0. The summed E-state index contributed by atoms with van der Waals surface area (Å²) in [5.74, 6) is -1.37. The van der Waals surface area contributed by atoms with E-state index in [2.05, 4.69) is 5.32 Å². The first-order chi connectivity index (χ1) is 19.0. The molecule has 7 nitrogen and oxygen atoms in total. The molecule has 0 aliphatic rings. The Morgan fingerprint density at radius 1 is 0.975 bits per heavy atom. The van der Waals surface area contributed by atoms with Crippen molar-refractivity contribution in [2.24, 2.45) is 0 Å². The lowest BCUT2D eigenvalue weighted by molar-refractivity contribution is -0.140. The van der Waals surface area contributed by atoms with Crippen molar-refractivity contribution in [3.63, 3.8) is 0 Å². The molecule has 0 aliphatic heterocycles. The molecule has 0 fully saturated rings. The number of rotatable bonds is 12. The van der Waals surface area contributed by atoms with Crippen LogP contribution >= 0.6 is 11.6 Å². The smallest absolute Gasteiger partial charge is 0.264 e. The molecule has 0 heterocycles. The molecular formula is C30H35ClFN3O4S. The Labute approximate surface area is 241 Å². The third-order valence-electron chi connectivity index (χ3n) is 6.71. The second-order valence-electron chi connectivity index (χ2n) is 9.65. The number of hydrogen-bond acceptors (Lipinski definition) is 4. The highest BCUT2D eigenvalue weighted by molar-refractivity contribution is 7.92. The Kier molecular flexibility index (Phi) is 10.7. The van der Waals surface area contributed by atoms with E-state index in [1.807, 2.05) is 13.8 Å². The summed E-state index contributed by atoms with van der Waals surface area (Å²) in [6, 6.07) is 17.2. The van der Waals surface area contributed by atoms with Gasteiger partial charge < -0.3 is 10.2 Å². The third kappa shape index (κ3) is 7.61. The second kappa shape index (κ2) is 13.8. The zero-order chi connectivity index (χ0) is 29.4. The normalized spacial score (nSPS) is 12.8. The minimum absolute atomic E-state index is 0.00568. The number of nitrogens with zero attached hydrogens (tertiary/aromatic N) is 2. The van der Waals surface area contributed by atoms with E-state index in [0.717, 1.165) is 9.87 Å². The van der Waals surface area contributed by atoms with Crippen LogP contribution in [-0.4, -0.2) is 43.8 Å². The van der Waals surface area contributed by atoms with E-state index in [-0.39, 0.29) is 35.5 Å². The van der Waals surface area contributed by atoms with Gasteiger partial charge in [-0.1, -0.05) is 61.8 Å². The van der Waals surface area contributed by atoms with Crippen molar-refractivity contribution in [3.8, 4) is 0 Å². The number of carbonyl (C=O) groups excluding carboxylic acids is 2. The molecule has 0 saturated carbocycles. The van der Waals surface area contributed by atoms with Crippen LogP contribution in [-0.2, 0) is 26.2 Å². The van der Waals surface area contributed by atoms with Crippen LogP contribution in [0, 0.1) is 12.7 Å². The molecule has 0 saturated heterocycles. The van der Waals surface area contributed by atoms with Crippen LogP contribution in [0.15, 0.2) is 77.7 Å². The standard InChI is InChI=1S/C30H35ClFN3O4S/c1-5-22(4)33-30(37)28(6-2)34(19-23-13-15-24(32)16-14-23)29(36)20-35(25-17-12-21(3)27(31)18-25)40(38,39)26-10-8-7-9-11-26/h7-18,22,28H,5-6,19-20H2,1-4H3,(H,33,37)/t22-,28-/m0/s1. The van der Waals surface area contributed by atoms with Crippen LogP contribution in [0.25, 0.3) is 0 Å². The zero-order valence-corrected chi connectivity index (χ0v) is 24.7. The molecule has 10 heteroatoms. The van der Waals surface area contributed by atoms with E-state index >= 15 is 0 Å². The number of nitrogens with one attached hydrogen (secondary N) is 1. The first-order valence-corrected chi connectivity index (χ1v) is 15.0. The van der Waals surface area contributed by atoms with Crippen molar-refractivity contribution in [2.45, 2.75) is 64.1 Å². The monoisotopic (exact) mass is 587 g/mol. The van der Waals surface area contributed by atoms with Crippen molar-refractivity contribution < 1.29 is 22.4 Å². The van der Waals surface area contributed by atoms with Crippen molar-refractivity contribution in [1.29, 1.82) is 0 Å². The molecule has 0 aliphatic carbocycles. The van der Waals surface area contributed by atoms with E-state index in [1.54, 1.807) is 44.2 Å². The molecule has 214 valence electrons. The number of hydrogen-bond donors (Lipinski definition) is 1. The second-order valence-corrected chi connectivity index (χ2v) is 11.9. The molecule has 0 spiro atoms. The predicted molar refractivity (Wildman–Crippen MR) is 156 cm³/mol. The summed E-state index contributed by atoms with van der Waals surface area (Å²) in [5.41, 5.74) is 1.56. The van der Waals surface area contributed by atoms with E-state index in [1.165, 1.54) is 47.4 Å². The Morgan fingerprint density at radius 2 is 1.62 bits per heavy atom. The number of aryl methyl sites for hydroxylation is 1. The molecule has 0 aromatic heterocycles. The summed E-state index contributed by atoms with van der Waals surface area (Å²) >= 11 is 6.35. The van der Waals surface area contributed by atoms with Gasteiger partial charge in [-0.05, 0) is 74.2 Å². The quantitative estimate of drug-likeness (QED) is 0.294. The van der Waals surface area contributed by atoms with Gasteiger partial charge >= 0.3 is 0 Å². The van der Waals surface area contributed by atoms with Gasteiger partial charge in [0.05, 0.1) is 10.6 Å². The van der Waals surface area contributed by atoms with Gasteiger partial charge in [-0.2, -0.15) is 0 Å². The van der Waals surface area contributed by atoms with Crippen LogP contribution in [0.1, 0.15) is 44.7 Å². The van der Waals surface area contributed by atoms with Gasteiger partial charge in [0.15, 0.2) is 0 Å². The van der Waals surface area contributed by atoms with Crippen molar-refractivity contribution in [2.75, 3.05) is 10.8 Å². The molecular weight excluding hydrogens is 553 g/mol. The minimum Gasteiger partial charge on any atom is -0.352 e. The summed E-state index contributed by atoms with van der Waals surface area (Å²) in [4.78, 5) is 28.7. The zero-order valence-electron chi connectivity index (χ0n) is 23.1. The van der Waals surface area contributed by atoms with Crippen molar-refractivity contribution in [1.82, 2.24) is 10.2 Å². The maximum atomic E-state index is 14.0. The number of benzene rings is 3. The minimum atomic E-state index is -4.19. The molecule has 0 radical (unpaired) electrons. The predicted octanol–water partition coefficient (Wildman–Crippen LogP) is 5.70. The lowest BCUT2D eigenvalue weighted by atomic mass is 10.1. The molecule has 3 rings (SSSR count). The van der Waals surface area contributed by atoms with Gasteiger partial charge in [-0.15, -0.1) is 0 Å². The van der Waals surface area contributed by atoms with Gasteiger partial charge in [0, 0.05) is 17.6 Å². The van der Waals surface area contributed by atoms with Crippen LogP contribution < -0.4 is 9.62 Å². The fraction of sp³-hybridized carbons (Fsp3) is 0.333. The molecule has 0 unspecified atom stereocenters. The van der Waals surface area contributed by atoms with Gasteiger partial charge in [-0.3, -0.25) is 13.9 Å². The fourth-order valence-electron chi connectivity index (χ4n) is 4.13. The molecule has 1 N–H and O–H groups in total. The van der Waals surface area contributed by atoms with Gasteiger partial charge in [0.1, 0.15) is 18.4 Å². The number of carbonyl (C=O) groups is 2. The Morgan fingerprint density at radius 3 is 2.20 bits per heavy atom. The van der Waals surface area contributed by atoms with Gasteiger partial charge in [-0.25, -0.2) is 12.8 Å². The highest BCUT2D eigenvalue weighted by Crippen LogP contribution is 2.28. The number of halogens is 2. The summed E-state index contributed by atoms with van der Waals surface area (Å²) in [6.45, 7) is 6.78. The van der Waals surface area contributed by atoms with Crippen LogP contribution in [0.2, 0.25) is 5.02 Å². The fourth-order valence-corrected chi connectivity index (χ4v) is 5.73. The molecule has 2 atom stereocenters. The molecule has 40 heavy (non-hydrogen) atoms. The summed E-state index contributed by atoms with van der Waals surface area (Å²) in [6.07, 6.45) is 0.988. The highest BCUT2D eigenvalue weighted by Gasteiger charge is 2.34. The average molecular weight is 588 g/mol. The number of anilines is 1. The number of amides is 2. The van der Waals surface area contributed by atoms with Gasteiger partial charge in [0.25, 0.3) is 10.0 Å². The van der Waals surface area contributed by atoms with E-state index in [0.29, 0.717) is 17.0 Å². The molecule has 3 aromatic rings. The Balaban J connectivity index is 2.06.